The number of hydrogen-bond donors (Lipinski definition) is 2. The molecular weight excluding hydrogens is 418 g/mol. The highest BCUT2D eigenvalue weighted by Crippen LogP contribution is 2.25. The summed E-state index contributed by atoms with van der Waals surface area (Å²) in [5, 5.41) is 19.2. The van der Waals surface area contributed by atoms with E-state index in [0.29, 0.717) is 30.2 Å². The van der Waals surface area contributed by atoms with Crippen LogP contribution in [0.4, 0.5) is 0 Å². The molecule has 0 atom stereocenters. The van der Waals surface area contributed by atoms with E-state index in [1.165, 1.54) is 25.7 Å². The minimum atomic E-state index is -1.56. The van der Waals surface area contributed by atoms with E-state index in [-0.39, 0.29) is 0 Å². The molecule has 0 unspecified atom stereocenters. The minimum Gasteiger partial charge on any atom is -0.494 e. The van der Waals surface area contributed by atoms with Gasteiger partial charge >= 0.3 is 7.12 Å². The fourth-order valence-electron chi connectivity index (χ4n) is 2.41. The van der Waals surface area contributed by atoms with Crippen LogP contribution in [0.3, 0.4) is 0 Å². The third-order valence-electron chi connectivity index (χ3n) is 3.85. The molecule has 136 valence electrons. The Morgan fingerprint density at radius 2 is 1.38 bits per heavy atom. The van der Waals surface area contributed by atoms with E-state index < -0.39 is 7.12 Å². The third-order valence-corrected chi connectivity index (χ3v) is 4.70. The van der Waals surface area contributed by atoms with Crippen molar-refractivity contribution in [3.8, 4) is 11.5 Å². The van der Waals surface area contributed by atoms with Crippen LogP contribution in [0.1, 0.15) is 65.2 Å². The van der Waals surface area contributed by atoms with Gasteiger partial charge in [-0.1, -0.05) is 52.4 Å². The van der Waals surface area contributed by atoms with Gasteiger partial charge in [0.05, 0.1) is 16.8 Å². The van der Waals surface area contributed by atoms with Crippen molar-refractivity contribution in [1.82, 2.24) is 0 Å². The lowest BCUT2D eigenvalue weighted by Crippen LogP contribution is -2.32. The van der Waals surface area contributed by atoms with Crippen LogP contribution >= 0.6 is 22.6 Å². The molecule has 0 heterocycles. The first kappa shape index (κ1) is 21.6. The molecule has 0 saturated carbocycles. The number of rotatable bonds is 13. The molecule has 0 aliphatic carbocycles. The maximum Gasteiger partial charge on any atom is 0.492 e. The Morgan fingerprint density at radius 3 is 1.88 bits per heavy atom. The van der Waals surface area contributed by atoms with Crippen LogP contribution in [-0.4, -0.2) is 30.4 Å². The van der Waals surface area contributed by atoms with Crippen LogP contribution in [0, 0.1) is 3.57 Å². The second-order valence-electron chi connectivity index (χ2n) is 6.01. The molecule has 2 N–H and O–H groups in total. The average molecular weight is 448 g/mol. The summed E-state index contributed by atoms with van der Waals surface area (Å²) in [5.74, 6) is 1.22. The van der Waals surface area contributed by atoms with Crippen molar-refractivity contribution in [2.45, 2.75) is 65.2 Å². The summed E-state index contributed by atoms with van der Waals surface area (Å²) in [4.78, 5) is 0. The van der Waals surface area contributed by atoms with Gasteiger partial charge < -0.3 is 19.5 Å². The van der Waals surface area contributed by atoms with Gasteiger partial charge in [-0.15, -0.1) is 0 Å². The first-order chi connectivity index (χ1) is 11.6. The molecule has 4 nitrogen and oxygen atoms in total. The zero-order valence-corrected chi connectivity index (χ0v) is 17.0. The Balaban J connectivity index is 2.63. The Labute approximate surface area is 160 Å². The highest BCUT2D eigenvalue weighted by molar-refractivity contribution is 14.1. The number of halogens is 1. The third kappa shape index (κ3) is 8.07. The topological polar surface area (TPSA) is 58.9 Å². The first-order valence-corrected chi connectivity index (χ1v) is 10.1. The first-order valence-electron chi connectivity index (χ1n) is 9.05. The van der Waals surface area contributed by atoms with E-state index in [4.69, 9.17) is 9.47 Å². The number of hydrogen-bond acceptors (Lipinski definition) is 4. The lowest BCUT2D eigenvalue weighted by molar-refractivity contribution is 0.295. The summed E-state index contributed by atoms with van der Waals surface area (Å²) in [6.07, 6.45) is 9.06. The van der Waals surface area contributed by atoms with Crippen LogP contribution in [-0.2, 0) is 0 Å². The van der Waals surface area contributed by atoms with Gasteiger partial charge in [-0.2, -0.15) is 0 Å². The summed E-state index contributed by atoms with van der Waals surface area (Å²) in [6, 6.07) is 3.52. The van der Waals surface area contributed by atoms with Gasteiger partial charge in [-0.3, -0.25) is 0 Å². The molecule has 24 heavy (non-hydrogen) atoms. The normalized spacial score (nSPS) is 10.7. The highest BCUT2D eigenvalue weighted by Gasteiger charge is 2.20. The van der Waals surface area contributed by atoms with E-state index in [1.807, 2.05) is 6.07 Å². The van der Waals surface area contributed by atoms with Gasteiger partial charge in [0.25, 0.3) is 0 Å². The van der Waals surface area contributed by atoms with Crippen LogP contribution in [0.25, 0.3) is 0 Å². The molecule has 0 saturated heterocycles. The van der Waals surface area contributed by atoms with Gasteiger partial charge in [0.15, 0.2) is 0 Å². The quantitative estimate of drug-likeness (QED) is 0.273. The van der Waals surface area contributed by atoms with Crippen LogP contribution in [0.5, 0.6) is 11.5 Å². The van der Waals surface area contributed by atoms with Crippen molar-refractivity contribution in [2.75, 3.05) is 13.2 Å². The molecule has 0 aromatic heterocycles. The molecule has 0 radical (unpaired) electrons. The summed E-state index contributed by atoms with van der Waals surface area (Å²) < 4.78 is 12.5. The molecule has 1 aromatic rings. The van der Waals surface area contributed by atoms with E-state index in [2.05, 4.69) is 36.4 Å². The standard InChI is InChI=1S/C18H30BIO4/c1-3-5-7-9-11-23-17-14-16(20)18(13-15(17)19(21)22)24-12-10-8-6-4-2/h13-14,21-22H,3-12H2,1-2H3. The highest BCUT2D eigenvalue weighted by atomic mass is 127. The summed E-state index contributed by atoms with van der Waals surface area (Å²) >= 11 is 2.20. The maximum absolute atomic E-state index is 9.62. The Bertz CT molecular complexity index is 469. The van der Waals surface area contributed by atoms with E-state index >= 15 is 0 Å². The maximum atomic E-state index is 9.62. The fourth-order valence-corrected chi connectivity index (χ4v) is 3.00. The Hall–Kier alpha value is -0.465. The molecular formula is C18H30BIO4. The zero-order valence-electron chi connectivity index (χ0n) is 14.9. The van der Waals surface area contributed by atoms with E-state index in [0.717, 1.165) is 29.3 Å². The second kappa shape index (κ2) is 12.8. The van der Waals surface area contributed by atoms with E-state index in [1.54, 1.807) is 6.07 Å². The molecule has 0 aliphatic rings. The summed E-state index contributed by atoms with van der Waals surface area (Å²) in [7, 11) is -1.56. The van der Waals surface area contributed by atoms with Crippen molar-refractivity contribution >= 4 is 35.2 Å². The van der Waals surface area contributed by atoms with Crippen LogP contribution in [0.15, 0.2) is 12.1 Å². The molecule has 1 rings (SSSR count). The van der Waals surface area contributed by atoms with Crippen LogP contribution < -0.4 is 14.9 Å². The predicted molar refractivity (Wildman–Crippen MR) is 108 cm³/mol. The molecule has 0 fully saturated rings. The molecule has 0 bridgehead atoms. The lowest BCUT2D eigenvalue weighted by Gasteiger charge is -2.15. The number of ether oxygens (including phenoxy) is 2. The summed E-state index contributed by atoms with van der Waals surface area (Å²) in [5.41, 5.74) is 0.370. The van der Waals surface area contributed by atoms with Gasteiger partial charge in [-0.25, -0.2) is 0 Å². The minimum absolute atomic E-state index is 0.370. The summed E-state index contributed by atoms with van der Waals surface area (Å²) in [6.45, 7) is 5.59. The average Bonchev–Trinajstić information content (AvgIpc) is 2.55. The van der Waals surface area contributed by atoms with Gasteiger partial charge in [-0.05, 0) is 47.6 Å². The predicted octanol–water partition coefficient (Wildman–Crippen LogP) is 3.89. The van der Waals surface area contributed by atoms with Gasteiger partial charge in [0.2, 0.25) is 0 Å². The Morgan fingerprint density at radius 1 is 0.833 bits per heavy atom. The van der Waals surface area contributed by atoms with Crippen LogP contribution in [0.2, 0.25) is 0 Å². The van der Waals surface area contributed by atoms with E-state index in [9.17, 15) is 10.0 Å². The Kier molecular flexibility index (Phi) is 11.5. The molecule has 0 aliphatic heterocycles. The largest absolute Gasteiger partial charge is 0.494 e. The number of benzene rings is 1. The zero-order chi connectivity index (χ0) is 17.8. The van der Waals surface area contributed by atoms with Gasteiger partial charge in [0, 0.05) is 5.46 Å². The van der Waals surface area contributed by atoms with Crippen molar-refractivity contribution in [2.24, 2.45) is 0 Å². The molecule has 0 amide bonds. The SMILES string of the molecule is CCCCCCOc1cc(B(O)O)c(OCCCCCC)cc1I. The number of unbranched alkanes of at least 4 members (excludes halogenated alkanes) is 6. The van der Waals surface area contributed by atoms with Crippen molar-refractivity contribution in [3.05, 3.63) is 15.7 Å². The van der Waals surface area contributed by atoms with Gasteiger partial charge in [0.1, 0.15) is 11.5 Å². The molecule has 6 heteroatoms. The molecule has 0 spiro atoms. The monoisotopic (exact) mass is 448 g/mol. The fraction of sp³-hybridized carbons (Fsp3) is 0.667. The van der Waals surface area contributed by atoms with Crippen molar-refractivity contribution < 1.29 is 19.5 Å². The van der Waals surface area contributed by atoms with Crippen molar-refractivity contribution in [3.63, 3.8) is 0 Å². The lowest BCUT2D eigenvalue weighted by atomic mass is 9.79. The second-order valence-corrected chi connectivity index (χ2v) is 7.17. The molecule has 1 aromatic carbocycles. The smallest absolute Gasteiger partial charge is 0.492 e. The van der Waals surface area contributed by atoms with Crippen molar-refractivity contribution in [1.29, 1.82) is 0 Å².